The summed E-state index contributed by atoms with van der Waals surface area (Å²) in [7, 11) is -3.08. The number of para-hydroxylation sites is 1. The SMILES string of the molecule is Nc1nnc(SCC(=O)N(c2ccccc2)[C@H]2CCS(=O)(=O)C2)s1. The fourth-order valence-corrected chi connectivity index (χ4v) is 5.79. The van der Waals surface area contributed by atoms with E-state index in [2.05, 4.69) is 10.2 Å². The highest BCUT2D eigenvalue weighted by Crippen LogP contribution is 2.28. The Bertz CT molecular complexity index is 823. The summed E-state index contributed by atoms with van der Waals surface area (Å²) in [6, 6.07) is 8.82. The minimum atomic E-state index is -3.08. The standard InChI is InChI=1S/C14H16N4O3S3/c15-13-16-17-14(23-13)22-8-12(19)18(10-4-2-1-3-5-10)11-6-7-24(20,21)9-11/h1-5,11H,6-9H2,(H2,15,16)/t11-/m0/s1. The van der Waals surface area contributed by atoms with Crippen LogP contribution in [0.25, 0.3) is 0 Å². The van der Waals surface area contributed by atoms with Gasteiger partial charge in [-0.05, 0) is 18.6 Å². The number of nitrogens with two attached hydrogens (primary N) is 1. The van der Waals surface area contributed by atoms with Gasteiger partial charge in [-0.3, -0.25) is 4.79 Å². The highest BCUT2D eigenvalue weighted by molar-refractivity contribution is 8.01. The Morgan fingerprint density at radius 1 is 1.33 bits per heavy atom. The number of benzene rings is 1. The molecule has 2 heterocycles. The van der Waals surface area contributed by atoms with Crippen molar-refractivity contribution in [2.75, 3.05) is 27.9 Å². The molecule has 7 nitrogen and oxygen atoms in total. The summed E-state index contributed by atoms with van der Waals surface area (Å²) in [4.78, 5) is 14.4. The van der Waals surface area contributed by atoms with Gasteiger partial charge in [-0.1, -0.05) is 41.3 Å². The zero-order valence-corrected chi connectivity index (χ0v) is 15.1. The van der Waals surface area contributed by atoms with Gasteiger partial charge in [0.2, 0.25) is 11.0 Å². The molecule has 0 bridgehead atoms. The lowest BCUT2D eigenvalue weighted by molar-refractivity contribution is -0.116. The van der Waals surface area contributed by atoms with Crippen LogP contribution in [0.5, 0.6) is 0 Å². The van der Waals surface area contributed by atoms with Crippen LogP contribution < -0.4 is 10.6 Å². The van der Waals surface area contributed by atoms with Crippen molar-refractivity contribution >= 4 is 49.7 Å². The van der Waals surface area contributed by atoms with Crippen molar-refractivity contribution < 1.29 is 13.2 Å². The molecule has 0 spiro atoms. The molecule has 1 aliphatic heterocycles. The van der Waals surface area contributed by atoms with Gasteiger partial charge in [0.25, 0.3) is 0 Å². The van der Waals surface area contributed by atoms with Gasteiger partial charge in [0.15, 0.2) is 14.2 Å². The maximum atomic E-state index is 12.8. The molecule has 2 N–H and O–H groups in total. The van der Waals surface area contributed by atoms with Crippen molar-refractivity contribution in [1.29, 1.82) is 0 Å². The number of anilines is 2. The van der Waals surface area contributed by atoms with Crippen molar-refractivity contribution in [3.8, 4) is 0 Å². The van der Waals surface area contributed by atoms with Crippen LogP contribution in [0.4, 0.5) is 10.8 Å². The minimum absolute atomic E-state index is 0.00402. The summed E-state index contributed by atoms with van der Waals surface area (Å²) in [6.45, 7) is 0. The molecule has 0 radical (unpaired) electrons. The number of hydrogen-bond donors (Lipinski definition) is 1. The molecule has 1 aromatic heterocycles. The Morgan fingerprint density at radius 2 is 2.08 bits per heavy atom. The molecule has 1 aliphatic rings. The first kappa shape index (κ1) is 17.2. The van der Waals surface area contributed by atoms with Crippen molar-refractivity contribution in [1.82, 2.24) is 10.2 Å². The Kier molecular flexibility index (Phi) is 5.07. The second-order valence-electron chi connectivity index (χ2n) is 5.35. The van der Waals surface area contributed by atoms with Crippen molar-refractivity contribution in [2.45, 2.75) is 16.8 Å². The molecule has 0 aliphatic carbocycles. The summed E-state index contributed by atoms with van der Waals surface area (Å²) < 4.78 is 24.2. The number of nitrogens with zero attached hydrogens (tertiary/aromatic N) is 3. The van der Waals surface area contributed by atoms with Crippen molar-refractivity contribution in [3.05, 3.63) is 30.3 Å². The number of nitrogen functional groups attached to an aromatic ring is 1. The fraction of sp³-hybridized carbons (Fsp3) is 0.357. The number of amides is 1. The van der Waals surface area contributed by atoms with E-state index < -0.39 is 9.84 Å². The molecule has 1 fully saturated rings. The molecule has 24 heavy (non-hydrogen) atoms. The predicted octanol–water partition coefficient (Wildman–Crippen LogP) is 1.43. The molecule has 2 aromatic rings. The molecule has 0 saturated carbocycles. The lowest BCUT2D eigenvalue weighted by Crippen LogP contribution is -2.42. The van der Waals surface area contributed by atoms with Crippen LogP contribution in [-0.4, -0.2) is 47.8 Å². The van der Waals surface area contributed by atoms with E-state index in [4.69, 9.17) is 5.73 Å². The zero-order chi connectivity index (χ0) is 17.2. The van der Waals surface area contributed by atoms with Gasteiger partial charge in [-0.2, -0.15) is 0 Å². The first-order valence-electron chi connectivity index (χ1n) is 7.24. The third-order valence-corrected chi connectivity index (χ3v) is 7.24. The molecule has 1 atom stereocenters. The molecule has 1 amide bonds. The first-order chi connectivity index (χ1) is 11.4. The zero-order valence-electron chi connectivity index (χ0n) is 12.7. The quantitative estimate of drug-likeness (QED) is 0.777. The van der Waals surface area contributed by atoms with Crippen LogP contribution in [0, 0.1) is 0 Å². The molecule has 10 heteroatoms. The van der Waals surface area contributed by atoms with E-state index in [1.54, 1.807) is 4.90 Å². The van der Waals surface area contributed by atoms with E-state index >= 15 is 0 Å². The summed E-state index contributed by atoms with van der Waals surface area (Å²) in [6.07, 6.45) is 0.458. The second-order valence-corrected chi connectivity index (χ2v) is 9.81. The first-order valence-corrected chi connectivity index (χ1v) is 10.9. The van der Waals surface area contributed by atoms with E-state index in [1.165, 1.54) is 23.1 Å². The smallest absolute Gasteiger partial charge is 0.237 e. The largest absolute Gasteiger partial charge is 0.374 e. The normalized spacial score (nSPS) is 19.2. The summed E-state index contributed by atoms with van der Waals surface area (Å²) in [5.74, 6) is 0.125. The molecular weight excluding hydrogens is 368 g/mol. The highest BCUT2D eigenvalue weighted by Gasteiger charge is 2.35. The van der Waals surface area contributed by atoms with Crippen molar-refractivity contribution in [2.24, 2.45) is 0 Å². The van der Waals surface area contributed by atoms with Gasteiger partial charge in [-0.25, -0.2) is 8.42 Å². The average molecular weight is 385 g/mol. The van der Waals surface area contributed by atoms with E-state index in [0.717, 1.165) is 0 Å². The van der Waals surface area contributed by atoms with E-state index in [-0.39, 0.29) is 29.2 Å². The minimum Gasteiger partial charge on any atom is -0.374 e. The topological polar surface area (TPSA) is 106 Å². The van der Waals surface area contributed by atoms with Crippen LogP contribution in [0.3, 0.4) is 0 Å². The number of thioether (sulfide) groups is 1. The number of carbonyl (C=O) groups is 1. The lowest BCUT2D eigenvalue weighted by Gasteiger charge is -2.28. The lowest BCUT2D eigenvalue weighted by atomic mass is 10.2. The van der Waals surface area contributed by atoms with Gasteiger partial charge < -0.3 is 10.6 Å². The van der Waals surface area contributed by atoms with Crippen LogP contribution in [0.1, 0.15) is 6.42 Å². The van der Waals surface area contributed by atoms with Gasteiger partial charge in [0.05, 0.1) is 23.3 Å². The van der Waals surface area contributed by atoms with E-state index in [1.807, 2.05) is 30.3 Å². The maximum absolute atomic E-state index is 12.8. The predicted molar refractivity (Wildman–Crippen MR) is 96.0 cm³/mol. The van der Waals surface area contributed by atoms with Gasteiger partial charge in [-0.15, -0.1) is 10.2 Å². The van der Waals surface area contributed by atoms with E-state index in [9.17, 15) is 13.2 Å². The molecular formula is C14H16N4O3S3. The number of sulfone groups is 1. The van der Waals surface area contributed by atoms with Crippen LogP contribution in [-0.2, 0) is 14.6 Å². The van der Waals surface area contributed by atoms with E-state index in [0.29, 0.717) is 21.6 Å². The Morgan fingerprint density at radius 3 is 2.67 bits per heavy atom. The molecule has 1 saturated heterocycles. The second kappa shape index (κ2) is 7.08. The average Bonchev–Trinajstić information content (AvgIpc) is 3.12. The summed E-state index contributed by atoms with van der Waals surface area (Å²) >= 11 is 2.48. The van der Waals surface area contributed by atoms with Crippen molar-refractivity contribution in [3.63, 3.8) is 0 Å². The monoisotopic (exact) mass is 384 g/mol. The number of carbonyl (C=O) groups excluding carboxylic acids is 1. The number of hydrogen-bond acceptors (Lipinski definition) is 8. The molecule has 128 valence electrons. The highest BCUT2D eigenvalue weighted by atomic mass is 32.2. The van der Waals surface area contributed by atoms with Gasteiger partial charge in [0, 0.05) is 5.69 Å². The van der Waals surface area contributed by atoms with Crippen LogP contribution in [0.15, 0.2) is 34.7 Å². The third-order valence-electron chi connectivity index (χ3n) is 3.62. The number of rotatable bonds is 5. The Labute approximate surface area is 148 Å². The van der Waals surface area contributed by atoms with Crippen LogP contribution >= 0.6 is 23.1 Å². The summed E-state index contributed by atoms with van der Waals surface area (Å²) in [5, 5.41) is 7.95. The third kappa shape index (κ3) is 4.05. The maximum Gasteiger partial charge on any atom is 0.237 e. The molecule has 3 rings (SSSR count). The summed E-state index contributed by atoms with van der Waals surface area (Å²) in [5.41, 5.74) is 6.24. The Balaban J connectivity index is 1.77. The fourth-order valence-electron chi connectivity index (χ4n) is 2.60. The van der Waals surface area contributed by atoms with Gasteiger partial charge in [0.1, 0.15) is 0 Å². The molecule has 0 unspecified atom stereocenters. The Hall–Kier alpha value is -1.65. The molecule has 1 aromatic carbocycles. The number of aromatic nitrogens is 2. The van der Waals surface area contributed by atoms with Crippen LogP contribution in [0.2, 0.25) is 0 Å². The van der Waals surface area contributed by atoms with Gasteiger partial charge >= 0.3 is 0 Å².